The van der Waals surface area contributed by atoms with Crippen LogP contribution in [0.2, 0.25) is 0 Å². The van der Waals surface area contributed by atoms with Crippen LogP contribution in [0.3, 0.4) is 0 Å². The van der Waals surface area contributed by atoms with E-state index in [9.17, 15) is 0 Å². The molecule has 0 saturated heterocycles. The summed E-state index contributed by atoms with van der Waals surface area (Å²) in [6, 6.07) is 18.5. The summed E-state index contributed by atoms with van der Waals surface area (Å²) in [5, 5.41) is 3.13. The summed E-state index contributed by atoms with van der Waals surface area (Å²) in [6.07, 6.45) is 2.11. The number of hydrogen-bond donors (Lipinski definition) is 2. The Bertz CT molecular complexity index is 628. The lowest BCUT2D eigenvalue weighted by Crippen LogP contribution is -2.23. The lowest BCUT2D eigenvalue weighted by molar-refractivity contribution is 0.728. The van der Waals surface area contributed by atoms with E-state index in [4.69, 9.17) is 5.73 Å². The monoisotopic (exact) mass is 438 g/mol. The molecule has 0 amide bonds. The van der Waals surface area contributed by atoms with Crippen LogP contribution in [-0.4, -0.2) is 26.1 Å². The van der Waals surface area contributed by atoms with Gasteiger partial charge in [0.1, 0.15) is 0 Å². The number of para-hydroxylation sites is 1. The third kappa shape index (κ3) is 7.21. The fraction of sp³-hybridized carbons (Fsp3) is 0.316. The molecule has 0 aliphatic heterocycles. The second-order valence-electron chi connectivity index (χ2n) is 5.73. The molecule has 24 heavy (non-hydrogen) atoms. The van der Waals surface area contributed by atoms with Crippen LogP contribution in [0.4, 0.5) is 11.4 Å². The summed E-state index contributed by atoms with van der Waals surface area (Å²) >= 11 is 0. The standard InChI is InChI=1S/C19H26N4.HI/c1-16-9-8-10-17(15-16)22-19(20)21-13-6-7-14-23(2)18-11-4-3-5-12-18;/h3-5,8-12,15H,6-7,13-14H2,1-2H3,(H3,20,21,22);1H. The molecule has 0 atom stereocenters. The number of halogens is 1. The molecule has 130 valence electrons. The summed E-state index contributed by atoms with van der Waals surface area (Å²) in [4.78, 5) is 6.65. The van der Waals surface area contributed by atoms with Crippen molar-refractivity contribution in [2.45, 2.75) is 19.8 Å². The molecule has 0 saturated carbocycles. The number of benzene rings is 2. The summed E-state index contributed by atoms with van der Waals surface area (Å²) in [6.45, 7) is 3.82. The first-order valence-electron chi connectivity index (χ1n) is 8.05. The second kappa shape index (κ2) is 10.9. The van der Waals surface area contributed by atoms with Crippen LogP contribution >= 0.6 is 24.0 Å². The Hall–Kier alpha value is -1.76. The molecule has 2 aromatic rings. The number of nitrogens with one attached hydrogen (secondary N) is 1. The number of guanidine groups is 1. The Morgan fingerprint density at radius 3 is 2.54 bits per heavy atom. The summed E-state index contributed by atoms with van der Waals surface area (Å²) in [7, 11) is 2.12. The number of aryl methyl sites for hydroxylation is 1. The van der Waals surface area contributed by atoms with Crippen molar-refractivity contribution in [3.05, 3.63) is 60.2 Å². The molecule has 0 fully saturated rings. The fourth-order valence-electron chi connectivity index (χ4n) is 2.38. The van der Waals surface area contributed by atoms with E-state index in [1.807, 2.05) is 18.2 Å². The smallest absolute Gasteiger partial charge is 0.193 e. The number of hydrogen-bond acceptors (Lipinski definition) is 2. The highest BCUT2D eigenvalue weighted by atomic mass is 127. The first-order chi connectivity index (χ1) is 11.1. The van der Waals surface area contributed by atoms with Gasteiger partial charge in [-0.25, -0.2) is 0 Å². The van der Waals surface area contributed by atoms with Crippen molar-refractivity contribution in [3.8, 4) is 0 Å². The van der Waals surface area contributed by atoms with Crippen molar-refractivity contribution in [1.82, 2.24) is 0 Å². The minimum Gasteiger partial charge on any atom is -0.375 e. The molecule has 0 heterocycles. The van der Waals surface area contributed by atoms with Crippen LogP contribution in [0, 0.1) is 6.92 Å². The van der Waals surface area contributed by atoms with Gasteiger partial charge in [0.2, 0.25) is 0 Å². The lowest BCUT2D eigenvalue weighted by atomic mass is 10.2. The Labute approximate surface area is 162 Å². The molecule has 0 aliphatic rings. The maximum atomic E-state index is 5.92. The number of nitrogens with two attached hydrogens (primary N) is 1. The molecular weight excluding hydrogens is 411 g/mol. The van der Waals surface area contributed by atoms with Gasteiger partial charge in [-0.05, 0) is 49.6 Å². The van der Waals surface area contributed by atoms with E-state index in [1.165, 1.54) is 11.3 Å². The molecule has 0 bridgehead atoms. The topological polar surface area (TPSA) is 53.6 Å². The van der Waals surface area contributed by atoms with Crippen molar-refractivity contribution in [1.29, 1.82) is 0 Å². The predicted molar refractivity (Wildman–Crippen MR) is 116 cm³/mol. The average molecular weight is 438 g/mol. The van der Waals surface area contributed by atoms with Gasteiger partial charge in [0.25, 0.3) is 0 Å². The van der Waals surface area contributed by atoms with Gasteiger partial charge in [-0.15, -0.1) is 24.0 Å². The molecule has 0 aromatic heterocycles. The molecule has 3 N–H and O–H groups in total. The third-order valence-electron chi connectivity index (χ3n) is 3.67. The van der Waals surface area contributed by atoms with Gasteiger partial charge in [0.15, 0.2) is 5.96 Å². The number of anilines is 2. The Morgan fingerprint density at radius 2 is 1.83 bits per heavy atom. The molecular formula is C19H27IN4. The summed E-state index contributed by atoms with van der Waals surface area (Å²) < 4.78 is 0. The number of nitrogens with zero attached hydrogens (tertiary/aromatic N) is 2. The van der Waals surface area contributed by atoms with Crippen LogP contribution in [0.25, 0.3) is 0 Å². The zero-order valence-electron chi connectivity index (χ0n) is 14.4. The molecule has 2 rings (SSSR count). The van der Waals surface area contributed by atoms with E-state index >= 15 is 0 Å². The fourth-order valence-corrected chi connectivity index (χ4v) is 2.38. The van der Waals surface area contributed by atoms with Crippen LogP contribution in [0.1, 0.15) is 18.4 Å². The zero-order valence-corrected chi connectivity index (χ0v) is 16.7. The molecule has 0 radical (unpaired) electrons. The third-order valence-corrected chi connectivity index (χ3v) is 3.67. The summed E-state index contributed by atoms with van der Waals surface area (Å²) in [5.74, 6) is 0.479. The van der Waals surface area contributed by atoms with Crippen molar-refractivity contribution in [3.63, 3.8) is 0 Å². The zero-order chi connectivity index (χ0) is 16.5. The van der Waals surface area contributed by atoms with Gasteiger partial charge in [0, 0.05) is 31.5 Å². The minimum absolute atomic E-state index is 0. The van der Waals surface area contributed by atoms with Gasteiger partial charge in [-0.1, -0.05) is 30.3 Å². The number of unbranched alkanes of at least 4 members (excludes halogenated alkanes) is 1. The molecule has 0 aliphatic carbocycles. The normalized spacial score (nSPS) is 10.8. The Balaban J connectivity index is 0.00000288. The highest BCUT2D eigenvalue weighted by molar-refractivity contribution is 14.0. The van der Waals surface area contributed by atoms with E-state index in [2.05, 4.69) is 65.6 Å². The first kappa shape index (κ1) is 20.3. The summed E-state index contributed by atoms with van der Waals surface area (Å²) in [5.41, 5.74) is 9.35. The van der Waals surface area contributed by atoms with Crippen molar-refractivity contribution in [2.75, 3.05) is 30.4 Å². The number of rotatable bonds is 7. The van der Waals surface area contributed by atoms with E-state index in [0.717, 1.165) is 31.6 Å². The molecule has 0 spiro atoms. The largest absolute Gasteiger partial charge is 0.375 e. The van der Waals surface area contributed by atoms with Crippen LogP contribution in [-0.2, 0) is 0 Å². The van der Waals surface area contributed by atoms with E-state index in [0.29, 0.717) is 5.96 Å². The minimum atomic E-state index is 0. The predicted octanol–water partition coefficient (Wildman–Crippen LogP) is 4.26. The van der Waals surface area contributed by atoms with Crippen LogP contribution in [0.5, 0.6) is 0 Å². The van der Waals surface area contributed by atoms with Crippen LogP contribution in [0.15, 0.2) is 59.6 Å². The van der Waals surface area contributed by atoms with Gasteiger partial charge in [-0.2, -0.15) is 0 Å². The highest BCUT2D eigenvalue weighted by Gasteiger charge is 1.99. The number of aliphatic imine (C=N–C) groups is 1. The second-order valence-corrected chi connectivity index (χ2v) is 5.73. The van der Waals surface area contributed by atoms with Gasteiger partial charge in [0.05, 0.1) is 0 Å². The highest BCUT2D eigenvalue weighted by Crippen LogP contribution is 2.11. The molecule has 4 nitrogen and oxygen atoms in total. The van der Waals surface area contributed by atoms with Gasteiger partial charge in [-0.3, -0.25) is 4.99 Å². The Kier molecular flexibility index (Phi) is 9.22. The molecule has 0 unspecified atom stereocenters. The van der Waals surface area contributed by atoms with E-state index in [-0.39, 0.29) is 24.0 Å². The maximum absolute atomic E-state index is 5.92. The molecule has 5 heteroatoms. The van der Waals surface area contributed by atoms with Crippen LogP contribution < -0.4 is 16.0 Å². The van der Waals surface area contributed by atoms with E-state index < -0.39 is 0 Å². The van der Waals surface area contributed by atoms with Crippen molar-refractivity contribution >= 4 is 41.3 Å². The quantitative estimate of drug-likeness (QED) is 0.294. The van der Waals surface area contributed by atoms with E-state index in [1.54, 1.807) is 0 Å². The molecule has 2 aromatic carbocycles. The SMILES string of the molecule is Cc1cccc(NC(N)=NCCCCN(C)c2ccccc2)c1.I. The Morgan fingerprint density at radius 1 is 1.08 bits per heavy atom. The average Bonchev–Trinajstić information content (AvgIpc) is 2.55. The van der Waals surface area contributed by atoms with Crippen molar-refractivity contribution in [2.24, 2.45) is 10.7 Å². The van der Waals surface area contributed by atoms with Crippen molar-refractivity contribution < 1.29 is 0 Å². The maximum Gasteiger partial charge on any atom is 0.193 e. The van der Waals surface area contributed by atoms with Gasteiger partial charge >= 0.3 is 0 Å². The lowest BCUT2D eigenvalue weighted by Gasteiger charge is -2.18. The first-order valence-corrected chi connectivity index (χ1v) is 8.05. The van der Waals surface area contributed by atoms with Gasteiger partial charge < -0.3 is 16.0 Å².